The van der Waals surface area contributed by atoms with Crippen LogP contribution in [0.1, 0.15) is 0 Å². The molecule has 0 amide bonds. The Morgan fingerprint density at radius 1 is 1.20 bits per heavy atom. The standard InChI is InChI=1S/Au.Bi.Cu.In.Sn.7H. The van der Waals surface area contributed by atoms with Gasteiger partial charge in [0.05, 0.1) is 0 Å². The van der Waals surface area contributed by atoms with E-state index < -0.39 is 0 Å². The quantitative estimate of drug-likeness (QED) is 0.235. The van der Waals surface area contributed by atoms with E-state index in [0.717, 1.165) is 20.6 Å². The third-order valence-corrected chi connectivity index (χ3v) is 0. The zero-order valence-corrected chi connectivity index (χ0v) is 21.4. The molecule has 0 aromatic carbocycles. The zero-order valence-electron chi connectivity index (χ0n) is 3.02. The predicted molar refractivity (Wildman–Crippen MR) is 27.0 cm³/mol. The van der Waals surface area contributed by atoms with Crippen molar-refractivity contribution in [1.82, 2.24) is 0 Å². The summed E-state index contributed by atoms with van der Waals surface area (Å²) in [6, 6.07) is 0. The molecule has 3 radical (unpaired) electrons. The summed E-state index contributed by atoms with van der Waals surface area (Å²) in [4.78, 5) is 0. The van der Waals surface area contributed by atoms with Crippen molar-refractivity contribution in [2.45, 2.75) is 0 Å². The topological polar surface area (TPSA) is 0 Å². The van der Waals surface area contributed by atoms with Gasteiger partial charge in [0.25, 0.3) is 0 Å². The van der Waals surface area contributed by atoms with Crippen LogP contribution in [0.5, 0.6) is 0 Å². The van der Waals surface area contributed by atoms with Crippen LogP contribution in [0.2, 0.25) is 0 Å². The molecule has 0 aliphatic rings. The molecular weight excluding hydrogens is 703 g/mol. The Labute approximate surface area is 102 Å². The van der Waals surface area contributed by atoms with E-state index in [1.54, 1.807) is 0 Å². The number of hydrogen-bond donors (Lipinski definition) is 0. The van der Waals surface area contributed by atoms with Crippen LogP contribution < -0.4 is 0 Å². The molecule has 0 aliphatic heterocycles. The maximum absolute atomic E-state index is 2.49. The van der Waals surface area contributed by atoms with Gasteiger partial charge in [0.15, 0.2) is 0 Å². The molecule has 0 unspecified atom stereocenters. The van der Waals surface area contributed by atoms with Gasteiger partial charge < -0.3 is 0 Å². The molecule has 0 aromatic rings. The Balaban J connectivity index is -0.00000000167. The molecule has 0 rings (SSSR count). The molecule has 0 atom stereocenters. The van der Waals surface area contributed by atoms with Gasteiger partial charge in [-0.05, 0) is 0 Å². The van der Waals surface area contributed by atoms with Gasteiger partial charge in [-0.15, -0.1) is 0 Å². The first-order chi connectivity index (χ1) is 1.00. The minimum absolute atomic E-state index is 0. The third kappa shape index (κ3) is 18.2. The van der Waals surface area contributed by atoms with E-state index >= 15 is 0 Å². The first-order valence-electron chi connectivity index (χ1n) is 0.302. The van der Waals surface area contributed by atoms with Crippen molar-refractivity contribution in [3.8, 4) is 0 Å². The van der Waals surface area contributed by atoms with Gasteiger partial charge >= 0.3 is 87.5 Å². The van der Waals surface area contributed by atoms with E-state index in [4.69, 9.17) is 0 Å². The average molecular weight is 710 g/mol. The van der Waals surface area contributed by atoms with E-state index in [0.29, 0.717) is 0 Å². The maximum atomic E-state index is 2.49. The van der Waals surface area contributed by atoms with Crippen LogP contribution in [0.25, 0.3) is 0 Å². The molecule has 0 heterocycles. The summed E-state index contributed by atoms with van der Waals surface area (Å²) in [6.07, 6.45) is 0. The molecule has 0 fully saturated rings. The van der Waals surface area contributed by atoms with Gasteiger partial charge in [0.1, 0.15) is 0 Å². The van der Waals surface area contributed by atoms with Crippen LogP contribution in [0.4, 0.5) is 0 Å². The SMILES string of the molecule is [BiH3].[Cu].[InH2][Au].[SnH2]. The van der Waals surface area contributed by atoms with Crippen molar-refractivity contribution in [2.24, 2.45) is 0 Å². The fourth-order valence-corrected chi connectivity index (χ4v) is 0. The molecule has 0 nitrogen and oxygen atoms in total. The monoisotopic (exact) mass is 711 g/mol. The second-order valence-corrected chi connectivity index (χ2v) is 0. The zero-order chi connectivity index (χ0) is 2.00. The Hall–Kier alpha value is 3.81. The summed E-state index contributed by atoms with van der Waals surface area (Å²) < 4.78 is 0. The molecule has 0 aromatic heterocycles. The second kappa shape index (κ2) is 24.9. The van der Waals surface area contributed by atoms with Crippen molar-refractivity contribution in [3.63, 3.8) is 0 Å². The summed E-state index contributed by atoms with van der Waals surface area (Å²) in [6.45, 7) is 0. The molecule has 0 aliphatic carbocycles. The van der Waals surface area contributed by atoms with Crippen LogP contribution in [-0.4, -0.2) is 70.8 Å². The van der Waals surface area contributed by atoms with E-state index in [9.17, 15) is 0 Å². The van der Waals surface area contributed by atoms with E-state index in [1.165, 1.54) is 0 Å². The van der Waals surface area contributed by atoms with Crippen molar-refractivity contribution < 1.29 is 33.9 Å². The number of hydrogen-bond acceptors (Lipinski definition) is 0. The van der Waals surface area contributed by atoms with Crippen molar-refractivity contribution in [3.05, 3.63) is 0 Å². The summed E-state index contributed by atoms with van der Waals surface area (Å²) in [7, 11) is 0. The number of rotatable bonds is 0. The van der Waals surface area contributed by atoms with Gasteiger partial charge in [-0.3, -0.25) is 0 Å². The molecule has 0 bridgehead atoms. The fraction of sp³-hybridized carbons (Fsp3) is 0. The molecule has 0 saturated carbocycles. The molecule has 0 N–H and O–H groups in total. The van der Waals surface area contributed by atoms with Crippen LogP contribution >= 0.6 is 0 Å². The average Bonchev–Trinajstić information content (AvgIpc) is 1.00. The molecule has 41 valence electrons. The van der Waals surface area contributed by atoms with Crippen molar-refractivity contribution >= 4 is 70.8 Å². The van der Waals surface area contributed by atoms with Gasteiger partial charge in [0.2, 0.25) is 0 Å². The first-order valence-corrected chi connectivity index (χ1v) is 16.6. The third-order valence-electron chi connectivity index (χ3n) is 0. The van der Waals surface area contributed by atoms with Gasteiger partial charge in [-0.25, -0.2) is 0 Å². The van der Waals surface area contributed by atoms with Gasteiger partial charge in [-0.2, -0.15) is 0 Å². The van der Waals surface area contributed by atoms with Crippen LogP contribution in [0.3, 0.4) is 0 Å². The van der Waals surface area contributed by atoms with Gasteiger partial charge in [0, 0.05) is 17.1 Å². The summed E-state index contributed by atoms with van der Waals surface area (Å²) >= 11 is 3.38. The van der Waals surface area contributed by atoms with Crippen molar-refractivity contribution in [2.75, 3.05) is 0 Å². The normalized spacial score (nSPS) is 1.20. The predicted octanol–water partition coefficient (Wildman–Crippen LogP) is -3.02. The fourth-order valence-electron chi connectivity index (χ4n) is 0. The Bertz CT molecular complexity index is 11.6. The summed E-state index contributed by atoms with van der Waals surface area (Å²) in [5.74, 6) is 0. The van der Waals surface area contributed by atoms with Crippen LogP contribution in [0.15, 0.2) is 0 Å². The molecule has 0 saturated heterocycles. The van der Waals surface area contributed by atoms with Crippen LogP contribution in [-0.2, 0) is 33.9 Å². The van der Waals surface area contributed by atoms with Crippen LogP contribution in [0, 0.1) is 0 Å². The van der Waals surface area contributed by atoms with E-state index in [1.807, 2.05) is 0 Å². The Morgan fingerprint density at radius 3 is 1.20 bits per heavy atom. The first kappa shape index (κ1) is 23.2. The van der Waals surface area contributed by atoms with E-state index in [2.05, 4.69) is 16.8 Å². The summed E-state index contributed by atoms with van der Waals surface area (Å²) in [5.41, 5.74) is 0. The minimum atomic E-state index is 0. The molecule has 0 spiro atoms. The molecule has 5 heteroatoms. The summed E-state index contributed by atoms with van der Waals surface area (Å²) in [5, 5.41) is 0. The molecule has 5 heavy (non-hydrogen) atoms. The molecular formula is H7AuBiCuInSn. The second-order valence-electron chi connectivity index (χ2n) is 0. The Kier molecular flexibility index (Phi) is 116. The van der Waals surface area contributed by atoms with Gasteiger partial charge in [-0.1, -0.05) is 0 Å². The van der Waals surface area contributed by atoms with E-state index in [-0.39, 0.29) is 67.2 Å². The van der Waals surface area contributed by atoms with Crippen molar-refractivity contribution in [1.29, 1.82) is 0 Å². The Morgan fingerprint density at radius 2 is 1.20 bits per heavy atom.